The van der Waals surface area contributed by atoms with Gasteiger partial charge in [-0.1, -0.05) is 0 Å². The predicted octanol–water partition coefficient (Wildman–Crippen LogP) is -0.978. The lowest BCUT2D eigenvalue weighted by Gasteiger charge is -1.99. The van der Waals surface area contributed by atoms with E-state index in [2.05, 4.69) is 0 Å². The maximum absolute atomic E-state index is 11.4. The molecule has 0 unspecified atom stereocenters. The summed E-state index contributed by atoms with van der Waals surface area (Å²) >= 11 is 0. The molecule has 17 heavy (non-hydrogen) atoms. The second kappa shape index (κ2) is 3.83. The van der Waals surface area contributed by atoms with Gasteiger partial charge in [0.1, 0.15) is 6.61 Å². The van der Waals surface area contributed by atoms with E-state index in [1.54, 1.807) is 0 Å². The van der Waals surface area contributed by atoms with Gasteiger partial charge in [-0.3, -0.25) is 9.78 Å². The first kappa shape index (κ1) is 11.0. The van der Waals surface area contributed by atoms with Gasteiger partial charge in [0.05, 0.1) is 0 Å². The Kier molecular flexibility index (Phi) is 2.48. The maximum atomic E-state index is 11.4. The van der Waals surface area contributed by atoms with Crippen LogP contribution in [-0.4, -0.2) is 24.9 Å². The van der Waals surface area contributed by atoms with Gasteiger partial charge in [0.2, 0.25) is 11.5 Å². The van der Waals surface area contributed by atoms with Gasteiger partial charge in [0.15, 0.2) is 5.76 Å². The van der Waals surface area contributed by atoms with Crippen LogP contribution in [0.4, 0.5) is 0 Å². The number of aromatic amines is 1. The molecular weight excluding hydrogens is 232 g/mol. The third kappa shape index (κ3) is 1.70. The van der Waals surface area contributed by atoms with Crippen molar-refractivity contribution in [2.75, 3.05) is 0 Å². The van der Waals surface area contributed by atoms with Crippen molar-refractivity contribution < 1.29 is 19.7 Å². The number of hydrogen-bond acceptors (Lipinski definition) is 6. The molecule has 4 N–H and O–H groups in total. The molecule has 0 aromatic carbocycles. The normalized spacial score (nSPS) is 10.6. The second-order valence-electron chi connectivity index (χ2n) is 3.17. The summed E-state index contributed by atoms with van der Waals surface area (Å²) in [7, 11) is 0. The predicted molar refractivity (Wildman–Crippen MR) is 54.2 cm³/mol. The highest BCUT2D eigenvalue weighted by molar-refractivity contribution is 5.51. The first-order valence-corrected chi connectivity index (χ1v) is 4.51. The number of nitrogens with one attached hydrogen (secondary N) is 1. The van der Waals surface area contributed by atoms with E-state index in [0.29, 0.717) is 0 Å². The second-order valence-corrected chi connectivity index (χ2v) is 3.17. The first-order chi connectivity index (χ1) is 8.04. The third-order valence-corrected chi connectivity index (χ3v) is 2.10. The highest BCUT2D eigenvalue weighted by Crippen LogP contribution is 2.37. The Morgan fingerprint density at radius 2 is 2.00 bits per heavy atom. The monoisotopic (exact) mass is 240 g/mol. The molecule has 0 radical (unpaired) electrons. The van der Waals surface area contributed by atoms with Crippen molar-refractivity contribution in [1.82, 2.24) is 9.55 Å². The topological polar surface area (TPSA) is 129 Å². The number of aliphatic hydroxyl groups excluding tert-OH is 1. The molecule has 8 nitrogen and oxygen atoms in total. The van der Waals surface area contributed by atoms with E-state index in [9.17, 15) is 19.8 Å². The maximum Gasteiger partial charge on any atom is 0.335 e. The molecule has 0 atom stereocenters. The molecule has 8 heteroatoms. The van der Waals surface area contributed by atoms with E-state index < -0.39 is 29.4 Å². The van der Waals surface area contributed by atoms with E-state index >= 15 is 0 Å². The van der Waals surface area contributed by atoms with Crippen molar-refractivity contribution in [3.8, 4) is 17.4 Å². The van der Waals surface area contributed by atoms with Crippen molar-refractivity contribution in [3.63, 3.8) is 0 Å². The Labute approximate surface area is 93.0 Å². The van der Waals surface area contributed by atoms with E-state index in [1.165, 1.54) is 0 Å². The van der Waals surface area contributed by atoms with Gasteiger partial charge < -0.3 is 19.7 Å². The molecule has 0 aliphatic carbocycles. The highest BCUT2D eigenvalue weighted by atomic mass is 16.4. The van der Waals surface area contributed by atoms with Gasteiger partial charge in [0.25, 0.3) is 11.4 Å². The van der Waals surface area contributed by atoms with E-state index in [4.69, 9.17) is 9.52 Å². The molecule has 90 valence electrons. The van der Waals surface area contributed by atoms with Crippen molar-refractivity contribution in [3.05, 3.63) is 38.9 Å². The van der Waals surface area contributed by atoms with Crippen LogP contribution in [0, 0.1) is 0 Å². The Bertz CT molecular complexity index is 665. The summed E-state index contributed by atoms with van der Waals surface area (Å²) < 4.78 is 5.68. The van der Waals surface area contributed by atoms with E-state index in [1.807, 2.05) is 4.98 Å². The van der Waals surface area contributed by atoms with Gasteiger partial charge >= 0.3 is 5.69 Å². The molecule has 2 aromatic rings. The number of hydrogen-bond donors (Lipinski definition) is 4. The zero-order valence-corrected chi connectivity index (χ0v) is 8.38. The first-order valence-electron chi connectivity index (χ1n) is 4.51. The van der Waals surface area contributed by atoms with Crippen LogP contribution in [0.5, 0.6) is 11.5 Å². The zero-order valence-electron chi connectivity index (χ0n) is 8.38. The van der Waals surface area contributed by atoms with Gasteiger partial charge in [-0.2, -0.15) is 0 Å². The quantitative estimate of drug-likeness (QED) is 0.534. The lowest BCUT2D eigenvalue weighted by atomic mass is 10.4. The summed E-state index contributed by atoms with van der Waals surface area (Å²) in [6, 6.07) is 1.04. The minimum atomic E-state index is -0.842. The summed E-state index contributed by atoms with van der Waals surface area (Å²) in [6.45, 7) is -0.641. The number of nitrogens with zero attached hydrogens (tertiary/aromatic N) is 1. The molecule has 0 bridgehead atoms. The van der Waals surface area contributed by atoms with Crippen LogP contribution in [0.25, 0.3) is 5.88 Å². The number of rotatable bonds is 2. The molecular formula is C9H8N2O6. The van der Waals surface area contributed by atoms with Crippen LogP contribution < -0.4 is 11.2 Å². The Hall–Kier alpha value is -2.48. The van der Waals surface area contributed by atoms with Crippen molar-refractivity contribution >= 4 is 0 Å². The van der Waals surface area contributed by atoms with Crippen LogP contribution in [-0.2, 0) is 6.61 Å². The summed E-state index contributed by atoms with van der Waals surface area (Å²) in [6.07, 6.45) is 1.07. The minimum Gasteiger partial charge on any atom is -0.502 e. The fourth-order valence-electron chi connectivity index (χ4n) is 1.29. The summed E-state index contributed by atoms with van der Waals surface area (Å²) in [5.41, 5.74) is -1.45. The van der Waals surface area contributed by atoms with Crippen LogP contribution >= 0.6 is 0 Å². The lowest BCUT2D eigenvalue weighted by molar-refractivity contribution is 0.238. The van der Waals surface area contributed by atoms with Gasteiger partial charge in [-0.05, 0) is 0 Å². The van der Waals surface area contributed by atoms with Crippen molar-refractivity contribution in [2.24, 2.45) is 0 Å². The average molecular weight is 240 g/mol. The van der Waals surface area contributed by atoms with Gasteiger partial charge in [-0.25, -0.2) is 9.36 Å². The van der Waals surface area contributed by atoms with Crippen LogP contribution in [0.1, 0.15) is 5.76 Å². The van der Waals surface area contributed by atoms with Crippen LogP contribution in [0.3, 0.4) is 0 Å². The fourth-order valence-corrected chi connectivity index (χ4v) is 1.29. The number of aromatic hydroxyl groups is 2. The van der Waals surface area contributed by atoms with Gasteiger partial charge in [0, 0.05) is 12.3 Å². The molecule has 0 saturated heterocycles. The summed E-state index contributed by atoms with van der Waals surface area (Å²) in [5.74, 6) is -2.01. The molecule has 2 heterocycles. The molecule has 0 aliphatic rings. The van der Waals surface area contributed by atoms with Crippen LogP contribution in [0.2, 0.25) is 0 Å². The molecule has 0 fully saturated rings. The fraction of sp³-hybridized carbons (Fsp3) is 0.111. The number of furan rings is 1. The number of H-pyrrole nitrogens is 1. The highest BCUT2D eigenvalue weighted by Gasteiger charge is 2.20. The zero-order chi connectivity index (χ0) is 12.6. The lowest BCUT2D eigenvalue weighted by Crippen LogP contribution is -2.27. The minimum absolute atomic E-state index is 0.282. The molecule has 0 amide bonds. The molecule has 0 aliphatic heterocycles. The summed E-state index contributed by atoms with van der Waals surface area (Å²) in [4.78, 5) is 24.2. The van der Waals surface area contributed by atoms with E-state index in [0.717, 1.165) is 16.8 Å². The number of aliphatic hydroxyl groups is 1. The standard InChI is InChI=1S/C9H8N2O6/c12-3-4-6(14)7(15)8(17-4)11-2-1-5(13)10-9(11)16/h1-2,12,14-15H,3H2,(H,10,13,16). The number of aromatic nitrogens is 2. The molecule has 0 spiro atoms. The average Bonchev–Trinajstić information content (AvgIpc) is 2.57. The van der Waals surface area contributed by atoms with Crippen molar-refractivity contribution in [1.29, 1.82) is 0 Å². The Morgan fingerprint density at radius 1 is 1.29 bits per heavy atom. The Morgan fingerprint density at radius 3 is 2.53 bits per heavy atom. The Balaban J connectivity index is 2.69. The SMILES string of the molecule is O=c1ccn(-c2oc(CO)c(O)c2O)c(=O)[nH]1. The van der Waals surface area contributed by atoms with E-state index in [-0.39, 0.29) is 11.6 Å². The third-order valence-electron chi connectivity index (χ3n) is 2.10. The van der Waals surface area contributed by atoms with Crippen LogP contribution in [0.15, 0.2) is 26.3 Å². The summed E-state index contributed by atoms with van der Waals surface area (Å²) in [5, 5.41) is 27.6. The van der Waals surface area contributed by atoms with Gasteiger partial charge in [-0.15, -0.1) is 0 Å². The molecule has 2 aromatic heterocycles. The van der Waals surface area contributed by atoms with Crippen molar-refractivity contribution in [2.45, 2.75) is 6.61 Å². The molecule has 0 saturated carbocycles. The molecule has 2 rings (SSSR count). The largest absolute Gasteiger partial charge is 0.502 e. The smallest absolute Gasteiger partial charge is 0.335 e.